The lowest BCUT2D eigenvalue weighted by molar-refractivity contribution is -0.143. The lowest BCUT2D eigenvalue weighted by Crippen LogP contribution is -2.50. The number of urea groups is 1. The largest absolute Gasteiger partial charge is 0.375 e. The van der Waals surface area contributed by atoms with Crippen molar-refractivity contribution < 1.29 is 14.3 Å². The summed E-state index contributed by atoms with van der Waals surface area (Å²) in [4.78, 5) is 26.0. The lowest BCUT2D eigenvalue weighted by atomic mass is 9.96. The standard InChI is InChI=1S/C17H31N3O3/c1-13-12-23-14(2)11-20(13)16(21)9-6-10-18-17(22)19-15-7-4-3-5-8-15/h13-15H,3-12H2,1-2H3,(H2,18,19,22). The van der Waals surface area contributed by atoms with Gasteiger partial charge < -0.3 is 20.3 Å². The highest BCUT2D eigenvalue weighted by molar-refractivity contribution is 5.77. The highest BCUT2D eigenvalue weighted by Crippen LogP contribution is 2.17. The van der Waals surface area contributed by atoms with Crippen LogP contribution in [0.15, 0.2) is 0 Å². The van der Waals surface area contributed by atoms with Crippen LogP contribution in [0.25, 0.3) is 0 Å². The summed E-state index contributed by atoms with van der Waals surface area (Å²) < 4.78 is 5.54. The topological polar surface area (TPSA) is 70.7 Å². The van der Waals surface area contributed by atoms with Gasteiger partial charge in [0.1, 0.15) is 0 Å². The highest BCUT2D eigenvalue weighted by atomic mass is 16.5. The van der Waals surface area contributed by atoms with Crippen molar-refractivity contribution in [2.75, 3.05) is 19.7 Å². The van der Waals surface area contributed by atoms with Gasteiger partial charge in [-0.3, -0.25) is 4.79 Å². The molecule has 2 fully saturated rings. The molecule has 0 spiro atoms. The maximum absolute atomic E-state index is 12.3. The molecule has 1 saturated heterocycles. The Labute approximate surface area is 139 Å². The molecule has 2 N–H and O–H groups in total. The molecule has 132 valence electrons. The van der Waals surface area contributed by atoms with Gasteiger partial charge in [-0.05, 0) is 33.1 Å². The smallest absolute Gasteiger partial charge is 0.315 e. The number of nitrogens with one attached hydrogen (secondary N) is 2. The number of nitrogens with zero attached hydrogens (tertiary/aromatic N) is 1. The van der Waals surface area contributed by atoms with Crippen LogP contribution in [0.3, 0.4) is 0 Å². The second kappa shape index (κ2) is 9.11. The second-order valence-electron chi connectivity index (χ2n) is 6.88. The monoisotopic (exact) mass is 325 g/mol. The maximum atomic E-state index is 12.3. The number of morpholine rings is 1. The minimum absolute atomic E-state index is 0.0993. The van der Waals surface area contributed by atoms with Crippen LogP contribution in [0, 0.1) is 0 Å². The molecule has 6 heteroatoms. The molecular weight excluding hydrogens is 294 g/mol. The van der Waals surface area contributed by atoms with Crippen molar-refractivity contribution in [3.05, 3.63) is 0 Å². The molecule has 0 bridgehead atoms. The lowest BCUT2D eigenvalue weighted by Gasteiger charge is -2.36. The first-order valence-electron chi connectivity index (χ1n) is 9.01. The van der Waals surface area contributed by atoms with Gasteiger partial charge in [0.05, 0.1) is 18.8 Å². The fraction of sp³-hybridized carbons (Fsp3) is 0.882. The summed E-state index contributed by atoms with van der Waals surface area (Å²) in [7, 11) is 0. The number of hydrogen-bond acceptors (Lipinski definition) is 3. The third-order valence-corrected chi connectivity index (χ3v) is 4.72. The SMILES string of the molecule is CC1CN(C(=O)CCCNC(=O)NC2CCCCC2)C(C)CO1. The van der Waals surface area contributed by atoms with Gasteiger partial charge in [0.25, 0.3) is 0 Å². The number of carbonyl (C=O) groups excluding carboxylic acids is 2. The summed E-state index contributed by atoms with van der Waals surface area (Å²) in [6.07, 6.45) is 7.11. The predicted octanol–water partition coefficient (Wildman–Crippen LogP) is 2.03. The van der Waals surface area contributed by atoms with E-state index in [0.717, 1.165) is 12.8 Å². The van der Waals surface area contributed by atoms with Gasteiger partial charge in [-0.15, -0.1) is 0 Å². The molecule has 0 aromatic heterocycles. The Hall–Kier alpha value is -1.30. The van der Waals surface area contributed by atoms with Crippen molar-refractivity contribution in [3.8, 4) is 0 Å². The van der Waals surface area contributed by atoms with Gasteiger partial charge in [-0.1, -0.05) is 19.3 Å². The Morgan fingerprint density at radius 3 is 2.65 bits per heavy atom. The Morgan fingerprint density at radius 2 is 1.91 bits per heavy atom. The zero-order valence-corrected chi connectivity index (χ0v) is 14.5. The van der Waals surface area contributed by atoms with Crippen molar-refractivity contribution >= 4 is 11.9 Å². The van der Waals surface area contributed by atoms with Crippen molar-refractivity contribution in [2.45, 2.75) is 77.0 Å². The van der Waals surface area contributed by atoms with Gasteiger partial charge in [0, 0.05) is 25.6 Å². The number of ether oxygens (including phenoxy) is 1. The molecule has 1 heterocycles. The van der Waals surface area contributed by atoms with E-state index in [-0.39, 0.29) is 24.1 Å². The summed E-state index contributed by atoms with van der Waals surface area (Å²) in [6.45, 7) is 5.81. The fourth-order valence-corrected chi connectivity index (χ4v) is 3.32. The van der Waals surface area contributed by atoms with Crippen LogP contribution in [-0.4, -0.2) is 54.7 Å². The fourth-order valence-electron chi connectivity index (χ4n) is 3.32. The quantitative estimate of drug-likeness (QED) is 0.760. The maximum Gasteiger partial charge on any atom is 0.315 e. The van der Waals surface area contributed by atoms with Crippen LogP contribution in [0.2, 0.25) is 0 Å². The zero-order chi connectivity index (χ0) is 16.7. The zero-order valence-electron chi connectivity index (χ0n) is 14.5. The van der Waals surface area contributed by atoms with Crippen LogP contribution < -0.4 is 10.6 Å². The number of carbonyl (C=O) groups is 2. The van der Waals surface area contributed by atoms with E-state index >= 15 is 0 Å². The number of amides is 3. The van der Waals surface area contributed by atoms with Crippen molar-refractivity contribution in [3.63, 3.8) is 0 Å². The number of rotatable bonds is 5. The van der Waals surface area contributed by atoms with Gasteiger partial charge in [0.2, 0.25) is 5.91 Å². The minimum Gasteiger partial charge on any atom is -0.375 e. The van der Waals surface area contributed by atoms with Crippen LogP contribution in [0.5, 0.6) is 0 Å². The average molecular weight is 325 g/mol. The molecule has 23 heavy (non-hydrogen) atoms. The van der Waals surface area contributed by atoms with E-state index in [1.54, 1.807) is 0 Å². The second-order valence-corrected chi connectivity index (χ2v) is 6.88. The van der Waals surface area contributed by atoms with Gasteiger partial charge >= 0.3 is 6.03 Å². The molecule has 1 aliphatic carbocycles. The normalized spacial score (nSPS) is 25.9. The van der Waals surface area contributed by atoms with Gasteiger partial charge in [-0.25, -0.2) is 4.79 Å². The molecule has 1 aliphatic heterocycles. The third-order valence-electron chi connectivity index (χ3n) is 4.72. The Bertz CT molecular complexity index is 397. The first-order valence-corrected chi connectivity index (χ1v) is 9.01. The molecule has 2 rings (SSSR count). The predicted molar refractivity (Wildman–Crippen MR) is 89.2 cm³/mol. The average Bonchev–Trinajstić information content (AvgIpc) is 2.54. The van der Waals surface area contributed by atoms with E-state index in [0.29, 0.717) is 38.6 Å². The molecule has 6 nitrogen and oxygen atoms in total. The van der Waals surface area contributed by atoms with Crippen molar-refractivity contribution in [1.82, 2.24) is 15.5 Å². The molecule has 3 amide bonds. The van der Waals surface area contributed by atoms with Crippen LogP contribution in [0.1, 0.15) is 58.8 Å². The summed E-state index contributed by atoms with van der Waals surface area (Å²) in [5.74, 6) is 0.155. The third kappa shape index (κ3) is 6.01. The summed E-state index contributed by atoms with van der Waals surface area (Å²) in [5.41, 5.74) is 0. The molecule has 1 saturated carbocycles. The number of hydrogen-bond donors (Lipinski definition) is 2. The van der Waals surface area contributed by atoms with Crippen molar-refractivity contribution in [1.29, 1.82) is 0 Å². The van der Waals surface area contributed by atoms with Gasteiger partial charge in [-0.2, -0.15) is 0 Å². The van der Waals surface area contributed by atoms with E-state index in [2.05, 4.69) is 10.6 Å². The van der Waals surface area contributed by atoms with E-state index in [9.17, 15) is 9.59 Å². The summed E-state index contributed by atoms with van der Waals surface area (Å²) in [6, 6.07) is 0.361. The van der Waals surface area contributed by atoms with E-state index < -0.39 is 0 Å². The van der Waals surface area contributed by atoms with Crippen LogP contribution in [0.4, 0.5) is 4.79 Å². The van der Waals surface area contributed by atoms with Gasteiger partial charge in [0.15, 0.2) is 0 Å². The van der Waals surface area contributed by atoms with Crippen LogP contribution >= 0.6 is 0 Å². The molecule has 0 aromatic carbocycles. The first-order chi connectivity index (χ1) is 11.1. The first kappa shape index (κ1) is 18.0. The molecule has 0 aromatic rings. The van der Waals surface area contributed by atoms with E-state index in [4.69, 9.17) is 4.74 Å². The minimum atomic E-state index is -0.0993. The highest BCUT2D eigenvalue weighted by Gasteiger charge is 2.26. The van der Waals surface area contributed by atoms with Crippen molar-refractivity contribution in [2.24, 2.45) is 0 Å². The summed E-state index contributed by atoms with van der Waals surface area (Å²) in [5, 5.41) is 5.88. The van der Waals surface area contributed by atoms with E-state index in [1.165, 1.54) is 19.3 Å². The molecule has 0 radical (unpaired) electrons. The summed E-state index contributed by atoms with van der Waals surface area (Å²) >= 11 is 0. The Morgan fingerprint density at radius 1 is 1.17 bits per heavy atom. The molecule has 2 atom stereocenters. The van der Waals surface area contributed by atoms with E-state index in [1.807, 2.05) is 18.7 Å². The van der Waals surface area contributed by atoms with Crippen LogP contribution in [-0.2, 0) is 9.53 Å². The molecule has 2 unspecified atom stereocenters. The Balaban J connectivity index is 1.58. The molecule has 2 aliphatic rings. The Kier molecular flexibility index (Phi) is 7.15. The molecular formula is C17H31N3O3.